The Morgan fingerprint density at radius 3 is 3.00 bits per heavy atom. The van der Waals surface area contributed by atoms with Gasteiger partial charge in [-0.3, -0.25) is 0 Å². The molecule has 0 spiro atoms. The van der Waals surface area contributed by atoms with Crippen molar-refractivity contribution in [3.63, 3.8) is 0 Å². The normalized spacial score (nSPS) is 35.3. The molecule has 0 amide bonds. The number of hydrogen-bond donors (Lipinski definition) is 2. The summed E-state index contributed by atoms with van der Waals surface area (Å²) in [5.74, 6) is 0.666. The third-order valence-electron chi connectivity index (χ3n) is 3.18. The van der Waals surface area contributed by atoms with Crippen molar-refractivity contribution < 1.29 is 0 Å². The maximum atomic E-state index is 6.16. The van der Waals surface area contributed by atoms with Crippen LogP contribution >= 0.6 is 24.0 Å². The molecule has 2 nitrogen and oxygen atoms in total. The lowest BCUT2D eigenvalue weighted by Crippen LogP contribution is -2.34. The number of hydrogen-bond acceptors (Lipinski definition) is 2. The highest BCUT2D eigenvalue weighted by molar-refractivity contribution is 6.20. The van der Waals surface area contributed by atoms with Crippen molar-refractivity contribution in [1.82, 2.24) is 5.32 Å². The van der Waals surface area contributed by atoms with Gasteiger partial charge in [-0.2, -0.15) is 0 Å². The van der Waals surface area contributed by atoms with Crippen molar-refractivity contribution in [2.45, 2.75) is 37.1 Å². The molecule has 0 saturated heterocycles. The molecule has 14 heavy (non-hydrogen) atoms. The summed E-state index contributed by atoms with van der Waals surface area (Å²) in [5, 5.41) is 3.81. The lowest BCUT2D eigenvalue weighted by molar-refractivity contribution is 0.342. The summed E-state index contributed by atoms with van der Waals surface area (Å²) >= 11 is 6.16. The molecule has 0 aromatic rings. The predicted molar refractivity (Wildman–Crippen MR) is 62.9 cm³/mol. The highest BCUT2D eigenvalue weighted by atomic mass is 35.5. The first-order valence-corrected chi connectivity index (χ1v) is 5.54. The van der Waals surface area contributed by atoms with E-state index >= 15 is 0 Å². The Kier molecular flexibility index (Phi) is 4.55. The molecular weight excluding hydrogens is 219 g/mol. The molecule has 4 heteroatoms. The van der Waals surface area contributed by atoms with Crippen LogP contribution in [0.1, 0.15) is 25.7 Å². The Morgan fingerprint density at radius 1 is 1.50 bits per heavy atom. The topological polar surface area (TPSA) is 38.0 Å². The summed E-state index contributed by atoms with van der Waals surface area (Å²) < 4.78 is 0. The second-order valence-corrected chi connectivity index (χ2v) is 4.67. The van der Waals surface area contributed by atoms with E-state index < -0.39 is 0 Å². The Labute approximate surface area is 96.7 Å². The molecule has 2 aliphatic rings. The maximum Gasteiger partial charge on any atom is 0.0343 e. The lowest BCUT2D eigenvalue weighted by Gasteiger charge is -2.30. The smallest absolute Gasteiger partial charge is 0.0343 e. The van der Waals surface area contributed by atoms with Crippen molar-refractivity contribution in [3.8, 4) is 0 Å². The van der Waals surface area contributed by atoms with Gasteiger partial charge in [0.15, 0.2) is 0 Å². The molecule has 1 aliphatic carbocycles. The second-order valence-electron chi connectivity index (χ2n) is 4.05. The van der Waals surface area contributed by atoms with Gasteiger partial charge in [-0.15, -0.1) is 24.0 Å². The van der Waals surface area contributed by atoms with E-state index in [4.69, 9.17) is 17.3 Å². The Balaban J connectivity index is 0.000000980. The van der Waals surface area contributed by atoms with Crippen LogP contribution in [0, 0.1) is 5.92 Å². The molecular formula is C10H18Cl2N2. The second kappa shape index (κ2) is 5.24. The standard InChI is InChI=1S/C10H17ClN2.ClH/c11-8-1-2-10-9(5-8)7(3-4-12)6-13-10;/h6,8-10,13H,1-5,12H2;1H. The van der Waals surface area contributed by atoms with Crippen LogP contribution in [0.5, 0.6) is 0 Å². The van der Waals surface area contributed by atoms with Gasteiger partial charge in [-0.1, -0.05) is 0 Å². The van der Waals surface area contributed by atoms with Crippen LogP contribution in [0.4, 0.5) is 0 Å². The van der Waals surface area contributed by atoms with E-state index in [1.165, 1.54) is 12.0 Å². The highest BCUT2D eigenvalue weighted by Crippen LogP contribution is 2.36. The summed E-state index contributed by atoms with van der Waals surface area (Å²) in [5.41, 5.74) is 7.05. The van der Waals surface area contributed by atoms with Crippen molar-refractivity contribution in [2.24, 2.45) is 11.7 Å². The number of rotatable bonds is 2. The summed E-state index contributed by atoms with van der Waals surface area (Å²) in [7, 11) is 0. The van der Waals surface area contributed by atoms with Gasteiger partial charge in [0.2, 0.25) is 0 Å². The highest BCUT2D eigenvalue weighted by Gasteiger charge is 2.34. The van der Waals surface area contributed by atoms with Gasteiger partial charge < -0.3 is 11.1 Å². The van der Waals surface area contributed by atoms with Crippen molar-refractivity contribution in [1.29, 1.82) is 0 Å². The summed E-state index contributed by atoms with van der Waals surface area (Å²) in [6.45, 7) is 0.754. The van der Waals surface area contributed by atoms with Crippen molar-refractivity contribution in [3.05, 3.63) is 11.8 Å². The van der Waals surface area contributed by atoms with Crippen LogP contribution in [-0.4, -0.2) is 18.0 Å². The van der Waals surface area contributed by atoms with Gasteiger partial charge in [0.1, 0.15) is 0 Å². The van der Waals surface area contributed by atoms with Crippen LogP contribution < -0.4 is 11.1 Å². The zero-order valence-electron chi connectivity index (χ0n) is 8.21. The Morgan fingerprint density at radius 2 is 2.29 bits per heavy atom. The number of alkyl halides is 1. The largest absolute Gasteiger partial charge is 0.388 e. The first-order chi connectivity index (χ1) is 6.31. The average Bonchev–Trinajstić information content (AvgIpc) is 2.49. The zero-order chi connectivity index (χ0) is 9.26. The first kappa shape index (κ1) is 12.2. The van der Waals surface area contributed by atoms with E-state index in [2.05, 4.69) is 11.5 Å². The van der Waals surface area contributed by atoms with Gasteiger partial charge in [0.05, 0.1) is 0 Å². The molecule has 3 N–H and O–H groups in total. The molecule has 1 saturated carbocycles. The minimum atomic E-state index is 0. The molecule has 82 valence electrons. The molecule has 3 unspecified atom stereocenters. The monoisotopic (exact) mass is 236 g/mol. The molecule has 1 aliphatic heterocycles. The van der Waals surface area contributed by atoms with E-state index in [-0.39, 0.29) is 12.4 Å². The first-order valence-electron chi connectivity index (χ1n) is 5.10. The van der Waals surface area contributed by atoms with Gasteiger partial charge >= 0.3 is 0 Å². The van der Waals surface area contributed by atoms with Gasteiger partial charge in [0.25, 0.3) is 0 Å². The molecule has 3 atom stereocenters. The van der Waals surface area contributed by atoms with Crippen LogP contribution in [-0.2, 0) is 0 Å². The van der Waals surface area contributed by atoms with E-state index in [0.29, 0.717) is 17.3 Å². The van der Waals surface area contributed by atoms with Gasteiger partial charge in [-0.25, -0.2) is 0 Å². The van der Waals surface area contributed by atoms with Crippen LogP contribution in [0.25, 0.3) is 0 Å². The van der Waals surface area contributed by atoms with Gasteiger partial charge in [0, 0.05) is 17.3 Å². The maximum absolute atomic E-state index is 6.16. The minimum absolute atomic E-state index is 0. The van der Waals surface area contributed by atoms with Crippen molar-refractivity contribution >= 4 is 24.0 Å². The summed E-state index contributed by atoms with van der Waals surface area (Å²) in [6.07, 6.45) is 6.68. The Bertz CT molecular complexity index is 218. The van der Waals surface area contributed by atoms with E-state index in [1.54, 1.807) is 0 Å². The van der Waals surface area contributed by atoms with Gasteiger partial charge in [-0.05, 0) is 44.0 Å². The quantitative estimate of drug-likeness (QED) is 0.721. The van der Waals surface area contributed by atoms with Crippen LogP contribution in [0.2, 0.25) is 0 Å². The third kappa shape index (κ3) is 2.36. The Hall–Kier alpha value is 0.0800. The molecule has 0 aromatic carbocycles. The summed E-state index contributed by atoms with van der Waals surface area (Å²) in [4.78, 5) is 0. The number of halogens is 2. The fourth-order valence-corrected chi connectivity index (χ4v) is 2.79. The third-order valence-corrected chi connectivity index (χ3v) is 3.57. The fourth-order valence-electron chi connectivity index (χ4n) is 2.47. The number of nitrogens with one attached hydrogen (secondary N) is 1. The molecule has 2 rings (SSSR count). The van der Waals surface area contributed by atoms with E-state index in [1.807, 2.05) is 0 Å². The van der Waals surface area contributed by atoms with Crippen LogP contribution in [0.15, 0.2) is 11.8 Å². The average molecular weight is 237 g/mol. The lowest BCUT2D eigenvalue weighted by atomic mass is 9.81. The number of fused-ring (bicyclic) bond motifs is 1. The molecule has 0 aromatic heterocycles. The predicted octanol–water partition coefficient (Wildman–Crippen LogP) is 2.02. The summed E-state index contributed by atoms with van der Waals surface area (Å²) in [6, 6.07) is 0.650. The fraction of sp³-hybridized carbons (Fsp3) is 0.800. The molecule has 1 fully saturated rings. The van der Waals surface area contributed by atoms with E-state index in [0.717, 1.165) is 25.8 Å². The number of nitrogens with two attached hydrogens (primary N) is 1. The molecule has 1 heterocycles. The molecule has 0 radical (unpaired) electrons. The van der Waals surface area contributed by atoms with Crippen LogP contribution in [0.3, 0.4) is 0 Å². The molecule has 0 bridgehead atoms. The zero-order valence-corrected chi connectivity index (χ0v) is 9.78. The minimum Gasteiger partial charge on any atom is -0.388 e. The van der Waals surface area contributed by atoms with E-state index in [9.17, 15) is 0 Å². The van der Waals surface area contributed by atoms with Crippen molar-refractivity contribution in [2.75, 3.05) is 6.54 Å². The SMILES string of the molecule is Cl.NCCC1=CNC2CCC(Cl)CC12.